The van der Waals surface area contributed by atoms with Gasteiger partial charge in [-0.25, -0.2) is 0 Å². The van der Waals surface area contributed by atoms with Crippen molar-refractivity contribution in [3.8, 4) is 0 Å². The van der Waals surface area contributed by atoms with Crippen molar-refractivity contribution in [2.75, 3.05) is 0 Å². The van der Waals surface area contributed by atoms with Gasteiger partial charge in [-0.3, -0.25) is 0 Å². The Labute approximate surface area is 74.1 Å². The second-order valence-corrected chi connectivity index (χ2v) is 2.99. The molecule has 0 saturated carbocycles. The Morgan fingerprint density at radius 1 is 1.42 bits per heavy atom. The number of furan rings is 1. The molecule has 66 valence electrons. The third-order valence-corrected chi connectivity index (χ3v) is 1.77. The Kier molecular flexibility index (Phi) is 3.65. The van der Waals surface area contributed by atoms with Gasteiger partial charge in [-0.2, -0.15) is 0 Å². The predicted molar refractivity (Wildman–Crippen MR) is 52.0 cm³/mol. The lowest BCUT2D eigenvalue weighted by atomic mass is 10.2. The zero-order chi connectivity index (χ0) is 8.81. The summed E-state index contributed by atoms with van der Waals surface area (Å²) in [6, 6.07) is 3.98. The molecular formula is C11H16O. The maximum Gasteiger partial charge on any atom is 0.126 e. The Morgan fingerprint density at radius 2 is 2.25 bits per heavy atom. The highest BCUT2D eigenvalue weighted by Gasteiger charge is 1.90. The standard InChI is InChI=1S/C11H16O/c1-3-4-5-6-7-11-9-8-10(2)12-11/h6-9H,3-5H2,1-2H3/b7-6-. The first-order chi connectivity index (χ1) is 5.83. The number of unbranched alkanes of at least 4 members (excludes halogenated alkanes) is 2. The topological polar surface area (TPSA) is 13.1 Å². The quantitative estimate of drug-likeness (QED) is 0.617. The Balaban J connectivity index is 2.36. The van der Waals surface area contributed by atoms with Crippen LogP contribution in [0.5, 0.6) is 0 Å². The van der Waals surface area contributed by atoms with E-state index in [0.717, 1.165) is 17.9 Å². The normalized spacial score (nSPS) is 11.2. The summed E-state index contributed by atoms with van der Waals surface area (Å²) in [6.07, 6.45) is 7.87. The average Bonchev–Trinajstić information content (AvgIpc) is 2.45. The molecule has 0 unspecified atom stereocenters. The summed E-state index contributed by atoms with van der Waals surface area (Å²) in [4.78, 5) is 0. The highest BCUT2D eigenvalue weighted by Crippen LogP contribution is 2.08. The fraction of sp³-hybridized carbons (Fsp3) is 0.455. The molecule has 1 heterocycles. The van der Waals surface area contributed by atoms with Crippen LogP contribution in [0.25, 0.3) is 6.08 Å². The highest BCUT2D eigenvalue weighted by molar-refractivity contribution is 5.42. The molecule has 0 radical (unpaired) electrons. The van der Waals surface area contributed by atoms with Crippen LogP contribution in [-0.4, -0.2) is 0 Å². The minimum atomic E-state index is 0.962. The Hall–Kier alpha value is -0.980. The fourth-order valence-electron chi connectivity index (χ4n) is 1.06. The first kappa shape index (κ1) is 9.11. The predicted octanol–water partition coefficient (Wildman–Crippen LogP) is 3.79. The molecule has 0 atom stereocenters. The molecule has 0 bridgehead atoms. The SMILES string of the molecule is CCCC/C=C\c1ccc(C)o1. The van der Waals surface area contributed by atoms with Gasteiger partial charge in [0.05, 0.1) is 0 Å². The van der Waals surface area contributed by atoms with Crippen molar-refractivity contribution in [1.29, 1.82) is 0 Å². The zero-order valence-electron chi connectivity index (χ0n) is 7.84. The van der Waals surface area contributed by atoms with Gasteiger partial charge in [0, 0.05) is 0 Å². The van der Waals surface area contributed by atoms with Gasteiger partial charge in [0.15, 0.2) is 0 Å². The maximum absolute atomic E-state index is 5.38. The van der Waals surface area contributed by atoms with Crippen LogP contribution in [0.15, 0.2) is 22.6 Å². The molecule has 0 amide bonds. The first-order valence-corrected chi connectivity index (χ1v) is 4.56. The van der Waals surface area contributed by atoms with E-state index < -0.39 is 0 Å². The number of aryl methyl sites for hydroxylation is 1. The Morgan fingerprint density at radius 3 is 2.83 bits per heavy atom. The van der Waals surface area contributed by atoms with E-state index in [4.69, 9.17) is 4.42 Å². The van der Waals surface area contributed by atoms with Crippen molar-refractivity contribution in [2.24, 2.45) is 0 Å². The van der Waals surface area contributed by atoms with Gasteiger partial charge in [-0.05, 0) is 31.6 Å². The van der Waals surface area contributed by atoms with Gasteiger partial charge in [0.2, 0.25) is 0 Å². The zero-order valence-corrected chi connectivity index (χ0v) is 7.84. The lowest BCUT2D eigenvalue weighted by Gasteiger charge is -1.87. The summed E-state index contributed by atoms with van der Waals surface area (Å²) in [7, 11) is 0. The monoisotopic (exact) mass is 164 g/mol. The second kappa shape index (κ2) is 4.81. The number of hydrogen-bond acceptors (Lipinski definition) is 1. The summed E-state index contributed by atoms with van der Waals surface area (Å²) in [5.41, 5.74) is 0. The summed E-state index contributed by atoms with van der Waals surface area (Å²) < 4.78 is 5.38. The molecule has 1 heteroatoms. The van der Waals surface area contributed by atoms with Crippen LogP contribution in [0.4, 0.5) is 0 Å². The first-order valence-electron chi connectivity index (χ1n) is 4.56. The third-order valence-electron chi connectivity index (χ3n) is 1.77. The fourth-order valence-corrected chi connectivity index (χ4v) is 1.06. The van der Waals surface area contributed by atoms with Crippen molar-refractivity contribution in [2.45, 2.75) is 33.1 Å². The molecule has 0 spiro atoms. The van der Waals surface area contributed by atoms with Gasteiger partial charge >= 0.3 is 0 Å². The van der Waals surface area contributed by atoms with Crippen molar-refractivity contribution in [3.63, 3.8) is 0 Å². The van der Waals surface area contributed by atoms with Crippen LogP contribution in [0, 0.1) is 6.92 Å². The van der Waals surface area contributed by atoms with Crippen LogP contribution in [0.2, 0.25) is 0 Å². The number of rotatable bonds is 4. The van der Waals surface area contributed by atoms with E-state index in [1.165, 1.54) is 12.8 Å². The molecule has 1 aromatic heterocycles. The van der Waals surface area contributed by atoms with E-state index in [-0.39, 0.29) is 0 Å². The largest absolute Gasteiger partial charge is 0.462 e. The van der Waals surface area contributed by atoms with Crippen molar-refractivity contribution >= 4 is 6.08 Å². The molecule has 0 saturated heterocycles. The molecule has 0 aliphatic heterocycles. The lowest BCUT2D eigenvalue weighted by Crippen LogP contribution is -1.66. The van der Waals surface area contributed by atoms with Crippen LogP contribution < -0.4 is 0 Å². The summed E-state index contributed by atoms with van der Waals surface area (Å²) in [5, 5.41) is 0. The van der Waals surface area contributed by atoms with Crippen molar-refractivity contribution in [3.05, 3.63) is 29.7 Å². The molecule has 0 aliphatic rings. The average molecular weight is 164 g/mol. The number of hydrogen-bond donors (Lipinski definition) is 0. The molecule has 0 N–H and O–H groups in total. The maximum atomic E-state index is 5.38. The minimum absolute atomic E-state index is 0.962. The van der Waals surface area contributed by atoms with Crippen molar-refractivity contribution < 1.29 is 4.42 Å². The van der Waals surface area contributed by atoms with Gasteiger partial charge in [0.25, 0.3) is 0 Å². The molecule has 1 nitrogen and oxygen atoms in total. The molecule has 12 heavy (non-hydrogen) atoms. The van der Waals surface area contributed by atoms with E-state index in [0.29, 0.717) is 0 Å². The van der Waals surface area contributed by atoms with Crippen LogP contribution in [-0.2, 0) is 0 Å². The van der Waals surface area contributed by atoms with Crippen LogP contribution in [0.3, 0.4) is 0 Å². The number of allylic oxidation sites excluding steroid dienone is 1. The molecule has 0 aliphatic carbocycles. The smallest absolute Gasteiger partial charge is 0.126 e. The van der Waals surface area contributed by atoms with E-state index >= 15 is 0 Å². The van der Waals surface area contributed by atoms with Crippen LogP contribution in [0.1, 0.15) is 37.7 Å². The molecule has 1 aromatic rings. The van der Waals surface area contributed by atoms with E-state index in [9.17, 15) is 0 Å². The van der Waals surface area contributed by atoms with Gasteiger partial charge < -0.3 is 4.42 Å². The molecule has 1 rings (SSSR count). The summed E-state index contributed by atoms with van der Waals surface area (Å²) >= 11 is 0. The Bertz CT molecular complexity index is 245. The molecular weight excluding hydrogens is 148 g/mol. The molecule has 0 fully saturated rings. The van der Waals surface area contributed by atoms with Crippen molar-refractivity contribution in [1.82, 2.24) is 0 Å². The summed E-state index contributed by atoms with van der Waals surface area (Å²) in [5.74, 6) is 1.94. The van der Waals surface area contributed by atoms with Crippen LogP contribution >= 0.6 is 0 Å². The summed E-state index contributed by atoms with van der Waals surface area (Å²) in [6.45, 7) is 4.16. The van der Waals surface area contributed by atoms with Gasteiger partial charge in [-0.1, -0.05) is 25.8 Å². The van der Waals surface area contributed by atoms with E-state index in [1.54, 1.807) is 0 Å². The minimum Gasteiger partial charge on any atom is -0.462 e. The van der Waals surface area contributed by atoms with E-state index in [2.05, 4.69) is 13.0 Å². The second-order valence-electron chi connectivity index (χ2n) is 2.99. The lowest BCUT2D eigenvalue weighted by molar-refractivity contribution is 0.525. The van der Waals surface area contributed by atoms with Gasteiger partial charge in [-0.15, -0.1) is 0 Å². The molecule has 0 aromatic carbocycles. The highest BCUT2D eigenvalue weighted by atomic mass is 16.3. The van der Waals surface area contributed by atoms with E-state index in [1.807, 2.05) is 25.1 Å². The van der Waals surface area contributed by atoms with Gasteiger partial charge in [0.1, 0.15) is 11.5 Å². The third kappa shape index (κ3) is 2.95.